The number of alkyl halides is 17. The van der Waals surface area contributed by atoms with E-state index in [0.29, 0.717) is 6.20 Å². The molecule has 1 aromatic rings. The number of piperidine rings is 1. The monoisotopic (exact) mass is 699 g/mol. The topological polar surface area (TPSA) is 63.1 Å². The third kappa shape index (κ3) is 6.28. The normalized spacial score (nSPS) is 20.1. The molecule has 0 atom stereocenters. The van der Waals surface area contributed by atoms with E-state index in [0.717, 1.165) is 5.06 Å². The highest BCUT2D eigenvalue weighted by atomic mass is 19.4. The van der Waals surface area contributed by atoms with E-state index in [4.69, 9.17) is 4.74 Å². The van der Waals surface area contributed by atoms with E-state index in [9.17, 15) is 79.8 Å². The van der Waals surface area contributed by atoms with Gasteiger partial charge in [0.1, 0.15) is 5.69 Å². The van der Waals surface area contributed by atoms with Crippen LogP contribution in [-0.4, -0.2) is 84.9 Å². The summed E-state index contributed by atoms with van der Waals surface area (Å²) in [5, 5.41) is 19.8. The zero-order valence-corrected chi connectivity index (χ0v) is 23.2. The van der Waals surface area contributed by atoms with E-state index in [1.165, 1.54) is 0 Å². The van der Waals surface area contributed by atoms with Crippen molar-refractivity contribution < 1.29 is 84.6 Å². The van der Waals surface area contributed by atoms with Gasteiger partial charge >= 0.3 is 47.6 Å². The van der Waals surface area contributed by atoms with Crippen molar-refractivity contribution in [1.29, 1.82) is 0 Å². The Morgan fingerprint density at radius 2 is 1.11 bits per heavy atom. The Hall–Kier alpha value is -2.17. The molecule has 1 aliphatic rings. The molecule has 23 heteroatoms. The van der Waals surface area contributed by atoms with Crippen LogP contribution in [0.4, 0.5) is 74.6 Å². The molecular formula is C22H24F17N4O2. The number of ether oxygens (including phenoxy) is 1. The zero-order chi connectivity index (χ0) is 35.7. The molecule has 1 saturated heterocycles. The van der Waals surface area contributed by atoms with Gasteiger partial charge in [0.15, 0.2) is 0 Å². The van der Waals surface area contributed by atoms with E-state index < -0.39 is 84.4 Å². The first kappa shape index (κ1) is 39.0. The molecular weight excluding hydrogens is 675 g/mol. The summed E-state index contributed by atoms with van der Waals surface area (Å²) >= 11 is 0. The molecule has 263 valence electrons. The van der Waals surface area contributed by atoms with Gasteiger partial charge in [-0.3, -0.25) is 4.68 Å². The van der Waals surface area contributed by atoms with E-state index in [1.807, 2.05) is 0 Å². The van der Waals surface area contributed by atoms with Gasteiger partial charge in [-0.15, -0.1) is 15.4 Å². The summed E-state index contributed by atoms with van der Waals surface area (Å²) in [4.78, 5) is 0. The lowest BCUT2D eigenvalue weighted by Crippen LogP contribution is -2.74. The van der Waals surface area contributed by atoms with Gasteiger partial charge in [0, 0.05) is 24.0 Å². The quantitative estimate of drug-likeness (QED) is 0.212. The molecule has 45 heavy (non-hydrogen) atoms. The Morgan fingerprint density at radius 3 is 1.53 bits per heavy atom. The van der Waals surface area contributed by atoms with E-state index in [2.05, 4.69) is 10.3 Å². The highest BCUT2D eigenvalue weighted by Gasteiger charge is 2.95. The number of rotatable bonds is 12. The summed E-state index contributed by atoms with van der Waals surface area (Å²) in [6.45, 7) is 4.44. The third-order valence-electron chi connectivity index (χ3n) is 7.05. The van der Waals surface area contributed by atoms with Crippen LogP contribution in [0.15, 0.2) is 6.20 Å². The maximum atomic E-state index is 14.2. The van der Waals surface area contributed by atoms with Crippen molar-refractivity contribution in [2.45, 2.75) is 125 Å². The highest BCUT2D eigenvalue weighted by Crippen LogP contribution is 2.64. The van der Waals surface area contributed by atoms with Gasteiger partial charge in [0.2, 0.25) is 0 Å². The Labute approximate surface area is 242 Å². The number of aromatic nitrogens is 3. The number of hydroxylamine groups is 2. The standard InChI is InChI=1S/C22H24F17N4O2/c1-13(2)7-12(8-14(3,4)43(13)44)45-10-11-9-42(41-40-11)6-5-15(23,24)16(25,26)17(27,28)18(29,30)19(31,32)20(33,34)21(35,36)22(37,38)39/h9,12H,5-8,10H2,1-4H3. The number of halogens is 17. The van der Waals surface area contributed by atoms with Gasteiger partial charge in [-0.1, -0.05) is 5.21 Å². The lowest BCUT2D eigenvalue weighted by atomic mass is 9.80. The van der Waals surface area contributed by atoms with Crippen molar-refractivity contribution in [3.05, 3.63) is 11.9 Å². The van der Waals surface area contributed by atoms with Crippen LogP contribution in [0, 0.1) is 0 Å². The summed E-state index contributed by atoms with van der Waals surface area (Å²) in [7, 11) is 0. The SMILES string of the molecule is CC1(C)CC(OCc2cn(CCC(F)(F)C(F)(F)C(F)(F)C(F)(F)C(F)(F)C(F)(F)C(F)(F)C(F)(F)F)nn2)CC(C)(C)N1[O]. The highest BCUT2D eigenvalue weighted by molar-refractivity contribution is 5.15. The molecule has 0 aromatic carbocycles. The molecule has 0 N–H and O–H groups in total. The van der Waals surface area contributed by atoms with Crippen molar-refractivity contribution in [3.63, 3.8) is 0 Å². The first-order valence-electron chi connectivity index (χ1n) is 12.3. The summed E-state index contributed by atoms with van der Waals surface area (Å²) in [5.74, 6) is -56.7. The lowest BCUT2D eigenvalue weighted by molar-refractivity contribution is -0.461. The van der Waals surface area contributed by atoms with Crippen molar-refractivity contribution >= 4 is 0 Å². The fourth-order valence-electron chi connectivity index (χ4n) is 4.62. The Kier molecular flexibility index (Phi) is 9.73. The van der Waals surface area contributed by atoms with Crippen LogP contribution in [0.25, 0.3) is 0 Å². The van der Waals surface area contributed by atoms with Crippen molar-refractivity contribution in [1.82, 2.24) is 20.1 Å². The average molecular weight is 699 g/mol. The van der Waals surface area contributed by atoms with Crippen LogP contribution >= 0.6 is 0 Å². The molecule has 0 saturated carbocycles. The lowest BCUT2D eigenvalue weighted by Gasteiger charge is -2.49. The van der Waals surface area contributed by atoms with E-state index in [1.54, 1.807) is 27.7 Å². The fraction of sp³-hybridized carbons (Fsp3) is 0.909. The molecule has 6 nitrogen and oxygen atoms in total. The molecule has 1 fully saturated rings. The molecule has 0 amide bonds. The van der Waals surface area contributed by atoms with Gasteiger partial charge in [-0.2, -0.15) is 74.6 Å². The second-order valence-corrected chi connectivity index (χ2v) is 11.6. The average Bonchev–Trinajstić information content (AvgIpc) is 3.31. The van der Waals surface area contributed by atoms with Crippen LogP contribution in [0.2, 0.25) is 0 Å². The van der Waals surface area contributed by atoms with Crippen molar-refractivity contribution in [2.24, 2.45) is 0 Å². The molecule has 1 radical (unpaired) electrons. The van der Waals surface area contributed by atoms with Gasteiger partial charge < -0.3 is 4.74 Å². The molecule has 2 rings (SSSR count). The molecule has 1 aliphatic heterocycles. The maximum absolute atomic E-state index is 14.2. The summed E-state index contributed by atoms with van der Waals surface area (Å²) in [6.07, 6.45) is -9.92. The summed E-state index contributed by atoms with van der Waals surface area (Å²) in [6, 6.07) is 0. The van der Waals surface area contributed by atoms with Crippen LogP contribution < -0.4 is 0 Å². The number of hydrogen-bond donors (Lipinski definition) is 0. The Morgan fingerprint density at radius 1 is 0.711 bits per heavy atom. The fourth-order valence-corrected chi connectivity index (χ4v) is 4.62. The van der Waals surface area contributed by atoms with Gasteiger partial charge in [-0.25, -0.2) is 0 Å². The van der Waals surface area contributed by atoms with Crippen LogP contribution in [0.3, 0.4) is 0 Å². The summed E-state index contributed by atoms with van der Waals surface area (Å²) < 4.78 is 234. The molecule has 2 heterocycles. The second-order valence-electron chi connectivity index (χ2n) is 11.6. The van der Waals surface area contributed by atoms with E-state index in [-0.39, 0.29) is 23.2 Å². The first-order valence-corrected chi connectivity index (χ1v) is 12.3. The molecule has 1 aromatic heterocycles. The van der Waals surface area contributed by atoms with Gasteiger partial charge in [0.25, 0.3) is 0 Å². The summed E-state index contributed by atoms with van der Waals surface area (Å²) in [5.41, 5.74) is -1.98. The predicted octanol–water partition coefficient (Wildman–Crippen LogP) is 7.56. The van der Waals surface area contributed by atoms with E-state index >= 15 is 0 Å². The van der Waals surface area contributed by atoms with Crippen LogP contribution in [0.1, 0.15) is 52.7 Å². The van der Waals surface area contributed by atoms with Crippen LogP contribution in [0.5, 0.6) is 0 Å². The Balaban J connectivity index is 2.22. The van der Waals surface area contributed by atoms with Gasteiger partial charge in [-0.05, 0) is 40.5 Å². The minimum atomic E-state index is -8.67. The minimum absolute atomic E-state index is 0.199. The largest absolute Gasteiger partial charge is 0.460 e. The zero-order valence-electron chi connectivity index (χ0n) is 23.2. The minimum Gasteiger partial charge on any atom is -0.372 e. The van der Waals surface area contributed by atoms with Crippen molar-refractivity contribution in [2.75, 3.05) is 0 Å². The predicted molar refractivity (Wildman–Crippen MR) is 114 cm³/mol. The molecule has 0 bridgehead atoms. The number of nitrogens with zero attached hydrogens (tertiary/aromatic N) is 4. The Bertz CT molecular complexity index is 1180. The van der Waals surface area contributed by atoms with Gasteiger partial charge in [0.05, 0.1) is 18.9 Å². The van der Waals surface area contributed by atoms with Crippen LogP contribution in [-0.2, 0) is 23.1 Å². The second kappa shape index (κ2) is 11.2. The number of aryl methyl sites for hydroxylation is 1. The molecule has 0 aliphatic carbocycles. The smallest absolute Gasteiger partial charge is 0.372 e. The molecule has 0 unspecified atom stereocenters. The maximum Gasteiger partial charge on any atom is 0.460 e. The third-order valence-corrected chi connectivity index (χ3v) is 7.05. The number of hydrogen-bond acceptors (Lipinski definition) is 4. The molecule has 0 spiro atoms. The van der Waals surface area contributed by atoms with Crippen molar-refractivity contribution in [3.8, 4) is 0 Å². The first-order chi connectivity index (χ1) is 19.6.